The molecule has 24 heavy (non-hydrogen) atoms. The number of aromatic nitrogens is 4. The largest absolute Gasteiger partial charge is 0.342 e. The molecule has 1 saturated heterocycles. The molecule has 0 radical (unpaired) electrons. The van der Waals surface area contributed by atoms with Crippen molar-refractivity contribution in [3.8, 4) is 0 Å². The first-order valence-electron chi connectivity index (χ1n) is 8.05. The van der Waals surface area contributed by atoms with Gasteiger partial charge >= 0.3 is 0 Å². The van der Waals surface area contributed by atoms with Gasteiger partial charge in [-0.05, 0) is 28.8 Å². The zero-order valence-corrected chi connectivity index (χ0v) is 13.3. The monoisotopic (exact) mass is 328 g/mol. The molecule has 8 nitrogen and oxygen atoms in total. The van der Waals surface area contributed by atoms with Crippen molar-refractivity contribution in [2.75, 3.05) is 13.1 Å². The molecule has 8 heteroatoms. The summed E-state index contributed by atoms with van der Waals surface area (Å²) in [5, 5.41) is 13.5. The zero-order valence-electron chi connectivity index (χ0n) is 13.3. The van der Waals surface area contributed by atoms with Gasteiger partial charge in [0.1, 0.15) is 18.9 Å². The van der Waals surface area contributed by atoms with Gasteiger partial charge in [-0.2, -0.15) is 0 Å². The number of rotatable bonds is 6. The Bertz CT molecular complexity index is 667. The van der Waals surface area contributed by atoms with E-state index < -0.39 is 6.04 Å². The maximum atomic E-state index is 12.8. The Kier molecular flexibility index (Phi) is 5.15. The van der Waals surface area contributed by atoms with Crippen LogP contribution in [0.5, 0.6) is 0 Å². The minimum atomic E-state index is -0.575. The smallest absolute Gasteiger partial charge is 0.245 e. The summed E-state index contributed by atoms with van der Waals surface area (Å²) in [6.45, 7) is 1.51. The van der Waals surface area contributed by atoms with Crippen LogP contribution in [0.25, 0.3) is 0 Å². The lowest BCUT2D eigenvalue weighted by Gasteiger charge is -2.24. The van der Waals surface area contributed by atoms with Crippen molar-refractivity contribution in [1.82, 2.24) is 30.4 Å². The maximum Gasteiger partial charge on any atom is 0.245 e. The van der Waals surface area contributed by atoms with E-state index in [4.69, 9.17) is 0 Å². The Morgan fingerprint density at radius 3 is 2.58 bits per heavy atom. The molecule has 1 atom stereocenters. The number of tetrazole rings is 1. The lowest BCUT2D eigenvalue weighted by molar-refractivity contribution is -0.135. The Balaban J connectivity index is 1.68. The second-order valence-corrected chi connectivity index (χ2v) is 5.85. The molecular formula is C16H20N6O2. The molecule has 2 amide bonds. The molecule has 1 N–H and O–H groups in total. The van der Waals surface area contributed by atoms with E-state index >= 15 is 0 Å². The highest BCUT2D eigenvalue weighted by Gasteiger charge is 2.28. The van der Waals surface area contributed by atoms with Crippen molar-refractivity contribution >= 4 is 11.8 Å². The van der Waals surface area contributed by atoms with Crippen LogP contribution in [0.1, 0.15) is 18.4 Å². The molecule has 0 saturated carbocycles. The van der Waals surface area contributed by atoms with Crippen LogP contribution in [0.15, 0.2) is 36.7 Å². The quantitative estimate of drug-likeness (QED) is 0.807. The van der Waals surface area contributed by atoms with Gasteiger partial charge in [0.05, 0.1) is 0 Å². The summed E-state index contributed by atoms with van der Waals surface area (Å²) in [4.78, 5) is 26.8. The van der Waals surface area contributed by atoms with Crippen LogP contribution in [0.4, 0.5) is 0 Å². The molecule has 0 bridgehead atoms. The Morgan fingerprint density at radius 1 is 1.17 bits per heavy atom. The van der Waals surface area contributed by atoms with Gasteiger partial charge < -0.3 is 10.2 Å². The minimum absolute atomic E-state index is 0.00836. The Hall–Kier alpha value is -2.77. The van der Waals surface area contributed by atoms with E-state index in [-0.39, 0.29) is 18.4 Å². The Morgan fingerprint density at radius 2 is 1.92 bits per heavy atom. The van der Waals surface area contributed by atoms with Crippen LogP contribution in [-0.2, 0) is 22.6 Å². The number of carbonyl (C=O) groups is 2. The molecule has 0 aliphatic carbocycles. The zero-order chi connectivity index (χ0) is 16.8. The van der Waals surface area contributed by atoms with Crippen LogP contribution in [0.3, 0.4) is 0 Å². The van der Waals surface area contributed by atoms with Gasteiger partial charge in [0.15, 0.2) is 0 Å². The fourth-order valence-electron chi connectivity index (χ4n) is 2.85. The van der Waals surface area contributed by atoms with Crippen molar-refractivity contribution in [3.05, 3.63) is 42.2 Å². The predicted octanol–water partition coefficient (Wildman–Crippen LogP) is 0.0230. The molecule has 2 heterocycles. The minimum Gasteiger partial charge on any atom is -0.342 e. The summed E-state index contributed by atoms with van der Waals surface area (Å²) < 4.78 is 1.33. The summed E-state index contributed by atoms with van der Waals surface area (Å²) >= 11 is 0. The summed E-state index contributed by atoms with van der Waals surface area (Å²) in [7, 11) is 0. The highest BCUT2D eigenvalue weighted by molar-refractivity contribution is 5.88. The normalized spacial score (nSPS) is 15.2. The number of hydrogen-bond donors (Lipinski definition) is 1. The van der Waals surface area contributed by atoms with Gasteiger partial charge in [-0.15, -0.1) is 5.10 Å². The first-order chi connectivity index (χ1) is 11.7. The Labute approximate surface area is 139 Å². The van der Waals surface area contributed by atoms with E-state index in [1.165, 1.54) is 11.0 Å². The third kappa shape index (κ3) is 4.15. The summed E-state index contributed by atoms with van der Waals surface area (Å²) in [5.74, 6) is -0.308. The van der Waals surface area contributed by atoms with Crippen LogP contribution < -0.4 is 5.32 Å². The summed E-state index contributed by atoms with van der Waals surface area (Å²) in [5.41, 5.74) is 1.01. The summed E-state index contributed by atoms with van der Waals surface area (Å²) in [6, 6.07) is 9.12. The number of nitrogens with zero attached hydrogens (tertiary/aromatic N) is 5. The van der Waals surface area contributed by atoms with Crippen molar-refractivity contribution in [1.29, 1.82) is 0 Å². The second kappa shape index (κ2) is 7.67. The van der Waals surface area contributed by atoms with Gasteiger partial charge in [0.2, 0.25) is 11.8 Å². The van der Waals surface area contributed by atoms with Crippen molar-refractivity contribution < 1.29 is 9.59 Å². The molecule has 1 aromatic carbocycles. The van der Waals surface area contributed by atoms with Gasteiger partial charge in [0, 0.05) is 19.5 Å². The van der Waals surface area contributed by atoms with Crippen LogP contribution in [-0.4, -0.2) is 56.1 Å². The van der Waals surface area contributed by atoms with E-state index in [2.05, 4.69) is 20.8 Å². The fourth-order valence-corrected chi connectivity index (χ4v) is 2.85. The maximum absolute atomic E-state index is 12.8. The number of nitrogens with one attached hydrogen (secondary N) is 1. The first kappa shape index (κ1) is 16.1. The number of hydrogen-bond acceptors (Lipinski definition) is 5. The van der Waals surface area contributed by atoms with Gasteiger partial charge in [-0.1, -0.05) is 30.3 Å². The highest BCUT2D eigenvalue weighted by atomic mass is 16.2. The summed E-state index contributed by atoms with van der Waals surface area (Å²) in [6.07, 6.45) is 3.87. The molecule has 3 rings (SSSR count). The molecule has 126 valence electrons. The van der Waals surface area contributed by atoms with E-state index in [1.54, 1.807) is 0 Å². The topological polar surface area (TPSA) is 93.0 Å². The van der Waals surface area contributed by atoms with Crippen LogP contribution in [0, 0.1) is 0 Å². The van der Waals surface area contributed by atoms with Gasteiger partial charge in [0.25, 0.3) is 0 Å². The molecule has 1 unspecified atom stereocenters. The number of benzene rings is 1. The average Bonchev–Trinajstić information content (AvgIpc) is 3.28. The average molecular weight is 328 g/mol. The number of likely N-dealkylation sites (tertiary alicyclic amines) is 1. The van der Waals surface area contributed by atoms with Gasteiger partial charge in [-0.3, -0.25) is 9.59 Å². The third-order valence-corrected chi connectivity index (χ3v) is 4.03. The number of amides is 2. The number of carbonyl (C=O) groups excluding carboxylic acids is 2. The van der Waals surface area contributed by atoms with Gasteiger partial charge in [-0.25, -0.2) is 4.68 Å². The molecule has 1 aliphatic rings. The molecule has 1 aromatic heterocycles. The lowest BCUT2D eigenvalue weighted by atomic mass is 10.0. The standard InChI is InChI=1S/C16H20N6O2/c23-15(11-22-12-17-19-20-22)18-14(10-13-6-2-1-3-7-13)16(24)21-8-4-5-9-21/h1-3,6-7,12,14H,4-5,8-11H2,(H,18,23). The van der Waals surface area contributed by atoms with Crippen molar-refractivity contribution in [2.24, 2.45) is 0 Å². The molecule has 0 spiro atoms. The molecule has 1 fully saturated rings. The van der Waals surface area contributed by atoms with E-state index in [1.807, 2.05) is 35.2 Å². The molecule has 1 aliphatic heterocycles. The third-order valence-electron chi connectivity index (χ3n) is 4.03. The van der Waals surface area contributed by atoms with E-state index in [0.29, 0.717) is 6.42 Å². The highest BCUT2D eigenvalue weighted by Crippen LogP contribution is 2.12. The van der Waals surface area contributed by atoms with Crippen LogP contribution in [0.2, 0.25) is 0 Å². The first-order valence-corrected chi connectivity index (χ1v) is 8.05. The molecule has 2 aromatic rings. The van der Waals surface area contributed by atoms with E-state index in [0.717, 1.165) is 31.5 Å². The fraction of sp³-hybridized carbons (Fsp3) is 0.438. The van der Waals surface area contributed by atoms with Crippen molar-refractivity contribution in [3.63, 3.8) is 0 Å². The molecular weight excluding hydrogens is 308 g/mol. The lowest BCUT2D eigenvalue weighted by Crippen LogP contribution is -2.49. The van der Waals surface area contributed by atoms with Crippen molar-refractivity contribution in [2.45, 2.75) is 31.8 Å². The SMILES string of the molecule is O=C(Cn1cnnn1)NC(Cc1ccccc1)C(=O)N1CCCC1. The predicted molar refractivity (Wildman–Crippen MR) is 85.7 cm³/mol. The van der Waals surface area contributed by atoms with E-state index in [9.17, 15) is 9.59 Å². The second-order valence-electron chi connectivity index (χ2n) is 5.85. The van der Waals surface area contributed by atoms with Crippen LogP contribution >= 0.6 is 0 Å².